The molecule has 0 aliphatic carbocycles. The van der Waals surface area contributed by atoms with Crippen molar-refractivity contribution in [2.24, 2.45) is 0 Å². The number of carboxylic acid groups (broad SMARTS) is 1. The predicted octanol–water partition coefficient (Wildman–Crippen LogP) is 0.581. The van der Waals surface area contributed by atoms with E-state index in [0.717, 1.165) is 22.9 Å². The number of amides is 3. The molecule has 200 valence electrons. The largest absolute Gasteiger partial charge is 0.508 e. The molecule has 1 saturated heterocycles. The average molecular weight is 522 g/mol. The molecule has 7 N–H and O–H groups in total. The van der Waals surface area contributed by atoms with Gasteiger partial charge in [-0.3, -0.25) is 19.2 Å². The van der Waals surface area contributed by atoms with E-state index in [0.29, 0.717) is 18.5 Å². The second-order valence-electron chi connectivity index (χ2n) is 9.32. The van der Waals surface area contributed by atoms with E-state index in [1.54, 1.807) is 18.3 Å². The molecular weight excluding hydrogens is 490 g/mol. The lowest BCUT2D eigenvalue weighted by Crippen LogP contribution is -2.57. The SMILES string of the molecule is O=C(O)CNC(=O)C(Cc1c[nH]c2ccccc12)NC(=O)C(Cc1ccc(O)cc1)NC(=O)C1CCCN1. The van der Waals surface area contributed by atoms with Crippen LogP contribution in [0.1, 0.15) is 24.0 Å². The Hall–Kier alpha value is -4.38. The Morgan fingerprint density at radius 3 is 2.39 bits per heavy atom. The molecule has 1 aromatic heterocycles. The Balaban J connectivity index is 1.55. The van der Waals surface area contributed by atoms with Crippen molar-refractivity contribution in [3.8, 4) is 5.75 Å². The molecule has 3 unspecified atom stereocenters. The van der Waals surface area contributed by atoms with Crippen LogP contribution in [-0.2, 0) is 32.0 Å². The van der Waals surface area contributed by atoms with E-state index < -0.39 is 42.5 Å². The highest BCUT2D eigenvalue weighted by atomic mass is 16.4. The summed E-state index contributed by atoms with van der Waals surface area (Å²) in [5.41, 5.74) is 2.33. The van der Waals surface area contributed by atoms with Gasteiger partial charge in [0.05, 0.1) is 6.04 Å². The van der Waals surface area contributed by atoms with Gasteiger partial charge in [-0.05, 0) is 48.7 Å². The van der Waals surface area contributed by atoms with Gasteiger partial charge in [0.1, 0.15) is 24.4 Å². The number of phenolic OH excluding ortho intramolecular Hbond substituents is 1. The van der Waals surface area contributed by atoms with Crippen LogP contribution in [0.3, 0.4) is 0 Å². The molecule has 0 saturated carbocycles. The summed E-state index contributed by atoms with van der Waals surface area (Å²) in [6.07, 6.45) is 3.48. The molecule has 1 aliphatic rings. The second-order valence-corrected chi connectivity index (χ2v) is 9.32. The monoisotopic (exact) mass is 521 g/mol. The van der Waals surface area contributed by atoms with Gasteiger partial charge in [0.15, 0.2) is 0 Å². The summed E-state index contributed by atoms with van der Waals surface area (Å²) >= 11 is 0. The number of carboxylic acids is 1. The number of carbonyl (C=O) groups excluding carboxylic acids is 3. The number of para-hydroxylation sites is 1. The Morgan fingerprint density at radius 1 is 0.947 bits per heavy atom. The first-order chi connectivity index (χ1) is 18.3. The number of H-pyrrole nitrogens is 1. The minimum Gasteiger partial charge on any atom is -0.508 e. The molecule has 1 fully saturated rings. The summed E-state index contributed by atoms with van der Waals surface area (Å²) in [6.45, 7) is 0.115. The van der Waals surface area contributed by atoms with Crippen LogP contribution in [0, 0.1) is 0 Å². The molecule has 38 heavy (non-hydrogen) atoms. The minimum atomic E-state index is -1.21. The zero-order valence-corrected chi connectivity index (χ0v) is 20.7. The molecule has 11 nitrogen and oxygen atoms in total. The average Bonchev–Trinajstić information content (AvgIpc) is 3.58. The van der Waals surface area contributed by atoms with Crippen LogP contribution in [-0.4, -0.2) is 70.1 Å². The lowest BCUT2D eigenvalue weighted by atomic mass is 10.0. The first-order valence-electron chi connectivity index (χ1n) is 12.5. The number of aromatic amines is 1. The van der Waals surface area contributed by atoms with E-state index in [9.17, 15) is 24.3 Å². The smallest absolute Gasteiger partial charge is 0.322 e. The molecule has 0 spiro atoms. The number of hydrogen-bond donors (Lipinski definition) is 7. The first kappa shape index (κ1) is 26.7. The number of fused-ring (bicyclic) bond motifs is 1. The summed E-state index contributed by atoms with van der Waals surface area (Å²) in [4.78, 5) is 53.5. The number of nitrogens with one attached hydrogen (secondary N) is 5. The van der Waals surface area contributed by atoms with E-state index in [1.807, 2.05) is 24.3 Å². The van der Waals surface area contributed by atoms with Gasteiger partial charge in [-0.1, -0.05) is 30.3 Å². The van der Waals surface area contributed by atoms with Crippen molar-refractivity contribution < 1.29 is 29.4 Å². The molecule has 4 rings (SSSR count). The maximum atomic E-state index is 13.5. The third-order valence-electron chi connectivity index (χ3n) is 6.53. The molecular formula is C27H31N5O6. The number of benzene rings is 2. The topological polar surface area (TPSA) is 173 Å². The van der Waals surface area contributed by atoms with Crippen LogP contribution in [0.5, 0.6) is 5.75 Å². The van der Waals surface area contributed by atoms with Crippen LogP contribution in [0.25, 0.3) is 10.9 Å². The maximum absolute atomic E-state index is 13.5. The summed E-state index contributed by atoms with van der Waals surface area (Å²) in [5, 5.41) is 30.5. The summed E-state index contributed by atoms with van der Waals surface area (Å²) in [6, 6.07) is 11.3. The Kier molecular flexibility index (Phi) is 8.59. The van der Waals surface area contributed by atoms with Crippen LogP contribution in [0.15, 0.2) is 54.7 Å². The van der Waals surface area contributed by atoms with Crippen LogP contribution in [0.4, 0.5) is 0 Å². The van der Waals surface area contributed by atoms with Crippen molar-refractivity contribution in [1.82, 2.24) is 26.3 Å². The molecule has 2 heterocycles. The lowest BCUT2D eigenvalue weighted by molar-refractivity contribution is -0.138. The van der Waals surface area contributed by atoms with E-state index in [2.05, 4.69) is 26.3 Å². The fourth-order valence-electron chi connectivity index (χ4n) is 4.55. The number of aliphatic carboxylic acids is 1. The third-order valence-corrected chi connectivity index (χ3v) is 6.53. The summed E-state index contributed by atoms with van der Waals surface area (Å²) < 4.78 is 0. The van der Waals surface area contributed by atoms with Crippen molar-refractivity contribution in [2.75, 3.05) is 13.1 Å². The normalized spacial score (nSPS) is 16.5. The summed E-state index contributed by atoms with van der Waals surface area (Å²) in [7, 11) is 0. The van der Waals surface area contributed by atoms with Crippen molar-refractivity contribution >= 4 is 34.6 Å². The molecule has 2 aromatic carbocycles. The molecule has 1 aliphatic heterocycles. The number of aromatic nitrogens is 1. The van der Waals surface area contributed by atoms with E-state index in [-0.39, 0.29) is 24.5 Å². The summed E-state index contributed by atoms with van der Waals surface area (Å²) in [5.74, 6) is -2.69. The predicted molar refractivity (Wildman–Crippen MR) is 139 cm³/mol. The van der Waals surface area contributed by atoms with E-state index >= 15 is 0 Å². The fourth-order valence-corrected chi connectivity index (χ4v) is 4.55. The maximum Gasteiger partial charge on any atom is 0.322 e. The van der Waals surface area contributed by atoms with Crippen LogP contribution >= 0.6 is 0 Å². The standard InChI is InChI=1S/C27H31N5O6/c33-18-9-7-16(8-10-18)12-22(31-26(37)21-6-3-11-28-21)27(38)32-23(25(36)30-15-24(34)35)13-17-14-29-20-5-2-1-4-19(17)20/h1-2,4-5,7-10,14,21-23,28-29,33H,3,6,11-13,15H2,(H,30,36)(H,31,37)(H,32,38)(H,34,35). The third kappa shape index (κ3) is 6.88. The van der Waals surface area contributed by atoms with Crippen molar-refractivity contribution in [1.29, 1.82) is 0 Å². The van der Waals surface area contributed by atoms with Gasteiger partial charge in [-0.15, -0.1) is 0 Å². The molecule has 3 amide bonds. The second kappa shape index (κ2) is 12.2. The van der Waals surface area contributed by atoms with Gasteiger partial charge >= 0.3 is 5.97 Å². The van der Waals surface area contributed by atoms with Crippen LogP contribution in [0.2, 0.25) is 0 Å². The first-order valence-corrected chi connectivity index (χ1v) is 12.5. The number of hydrogen-bond acceptors (Lipinski definition) is 6. The zero-order valence-electron chi connectivity index (χ0n) is 20.7. The highest BCUT2D eigenvalue weighted by Crippen LogP contribution is 2.19. The number of aromatic hydroxyl groups is 1. The van der Waals surface area contributed by atoms with Gasteiger partial charge in [-0.2, -0.15) is 0 Å². The van der Waals surface area contributed by atoms with E-state index in [4.69, 9.17) is 5.11 Å². The lowest BCUT2D eigenvalue weighted by Gasteiger charge is -2.24. The molecule has 3 atom stereocenters. The van der Waals surface area contributed by atoms with Crippen molar-refractivity contribution in [3.63, 3.8) is 0 Å². The number of phenols is 1. The number of rotatable bonds is 11. The minimum absolute atomic E-state index is 0.0721. The Bertz CT molecular complexity index is 1300. The molecule has 0 radical (unpaired) electrons. The van der Waals surface area contributed by atoms with Crippen LogP contribution < -0.4 is 21.3 Å². The van der Waals surface area contributed by atoms with Gasteiger partial charge in [0, 0.05) is 29.9 Å². The number of carbonyl (C=O) groups is 4. The highest BCUT2D eigenvalue weighted by Gasteiger charge is 2.30. The van der Waals surface area contributed by atoms with Gasteiger partial charge in [-0.25, -0.2) is 0 Å². The molecule has 3 aromatic rings. The zero-order chi connectivity index (χ0) is 27.1. The molecule has 0 bridgehead atoms. The van der Waals surface area contributed by atoms with Gasteiger partial charge < -0.3 is 36.5 Å². The Morgan fingerprint density at radius 2 is 1.68 bits per heavy atom. The highest BCUT2D eigenvalue weighted by molar-refractivity contribution is 5.94. The van der Waals surface area contributed by atoms with Gasteiger partial charge in [0.25, 0.3) is 0 Å². The fraction of sp³-hybridized carbons (Fsp3) is 0.333. The van der Waals surface area contributed by atoms with Crippen molar-refractivity contribution in [2.45, 2.75) is 43.8 Å². The Labute approximate surface area is 219 Å². The molecule has 11 heteroatoms. The van der Waals surface area contributed by atoms with Crippen molar-refractivity contribution in [3.05, 3.63) is 65.9 Å². The van der Waals surface area contributed by atoms with E-state index in [1.165, 1.54) is 12.1 Å². The van der Waals surface area contributed by atoms with Gasteiger partial charge in [0.2, 0.25) is 17.7 Å². The quantitative estimate of drug-likeness (QED) is 0.193.